The highest BCUT2D eigenvalue weighted by atomic mass is 35.5. The van der Waals surface area contributed by atoms with Crippen molar-refractivity contribution in [1.82, 2.24) is 9.21 Å². The van der Waals surface area contributed by atoms with Crippen molar-refractivity contribution in [2.75, 3.05) is 32.7 Å². The first-order valence-corrected chi connectivity index (χ1v) is 8.64. The van der Waals surface area contributed by atoms with Crippen LogP contribution in [0, 0.1) is 6.92 Å². The fourth-order valence-electron chi connectivity index (χ4n) is 2.15. The summed E-state index contributed by atoms with van der Waals surface area (Å²) in [4.78, 5) is 13.3. The molecule has 0 aromatic carbocycles. The summed E-state index contributed by atoms with van der Waals surface area (Å²) >= 11 is 7.09. The first-order chi connectivity index (χ1) is 9.30. The molecule has 0 aliphatic carbocycles. The summed E-state index contributed by atoms with van der Waals surface area (Å²) in [5.74, 6) is -0.901. The molecule has 1 N–H and O–H groups in total. The maximum Gasteiger partial charge on any atom is 0.317 e. The number of carbonyl (C=O) groups is 1. The Balaban J connectivity index is 2.10. The van der Waals surface area contributed by atoms with Crippen LogP contribution in [-0.4, -0.2) is 61.4 Å². The Morgan fingerprint density at radius 2 is 2.00 bits per heavy atom. The minimum atomic E-state index is -3.54. The molecule has 2 heterocycles. The Morgan fingerprint density at radius 1 is 1.40 bits per heavy atom. The van der Waals surface area contributed by atoms with E-state index in [0.29, 0.717) is 35.4 Å². The predicted molar refractivity (Wildman–Crippen MR) is 76.9 cm³/mol. The number of nitrogens with zero attached hydrogens (tertiary/aromatic N) is 2. The van der Waals surface area contributed by atoms with Gasteiger partial charge in [-0.2, -0.15) is 4.31 Å². The van der Waals surface area contributed by atoms with E-state index in [4.69, 9.17) is 16.7 Å². The fourth-order valence-corrected chi connectivity index (χ4v) is 5.36. The van der Waals surface area contributed by atoms with Gasteiger partial charge in [0.1, 0.15) is 0 Å². The van der Waals surface area contributed by atoms with Gasteiger partial charge >= 0.3 is 5.97 Å². The number of sulfonamides is 1. The lowest BCUT2D eigenvalue weighted by molar-refractivity contribution is -0.138. The van der Waals surface area contributed by atoms with Gasteiger partial charge in [0.2, 0.25) is 10.0 Å². The van der Waals surface area contributed by atoms with Crippen molar-refractivity contribution >= 4 is 38.9 Å². The molecule has 1 aromatic rings. The highest BCUT2D eigenvalue weighted by molar-refractivity contribution is 7.89. The molecule has 0 atom stereocenters. The number of carboxylic acid groups (broad SMARTS) is 1. The van der Waals surface area contributed by atoms with Gasteiger partial charge in [0.15, 0.2) is 0 Å². The Morgan fingerprint density at radius 3 is 2.45 bits per heavy atom. The zero-order valence-corrected chi connectivity index (χ0v) is 13.3. The van der Waals surface area contributed by atoms with Crippen molar-refractivity contribution in [3.8, 4) is 0 Å². The molecule has 0 saturated carbocycles. The van der Waals surface area contributed by atoms with E-state index in [1.165, 1.54) is 21.7 Å². The highest BCUT2D eigenvalue weighted by Crippen LogP contribution is 2.31. The predicted octanol–water partition coefficient (Wildman–Crippen LogP) is 1.10. The van der Waals surface area contributed by atoms with Gasteiger partial charge in [0, 0.05) is 31.1 Å². The number of aliphatic carboxylic acids is 1. The molecule has 0 unspecified atom stereocenters. The van der Waals surface area contributed by atoms with Crippen molar-refractivity contribution < 1.29 is 18.3 Å². The zero-order chi connectivity index (χ0) is 14.9. The van der Waals surface area contributed by atoms with Crippen molar-refractivity contribution in [3.63, 3.8) is 0 Å². The van der Waals surface area contributed by atoms with E-state index in [0.717, 1.165) is 0 Å². The highest BCUT2D eigenvalue weighted by Gasteiger charge is 2.31. The topological polar surface area (TPSA) is 77.9 Å². The van der Waals surface area contributed by atoms with Gasteiger partial charge in [0.25, 0.3) is 0 Å². The van der Waals surface area contributed by atoms with Gasteiger partial charge in [-0.1, -0.05) is 11.6 Å². The Labute approximate surface area is 126 Å². The number of rotatable bonds is 4. The van der Waals surface area contributed by atoms with E-state index in [9.17, 15) is 13.2 Å². The lowest BCUT2D eigenvalue weighted by Gasteiger charge is -2.32. The van der Waals surface area contributed by atoms with E-state index in [1.54, 1.807) is 11.8 Å². The fraction of sp³-hybridized carbons (Fsp3) is 0.545. The summed E-state index contributed by atoms with van der Waals surface area (Å²) < 4.78 is 26.8. The lowest BCUT2D eigenvalue weighted by Crippen LogP contribution is -2.49. The van der Waals surface area contributed by atoms with Gasteiger partial charge in [0.05, 0.1) is 15.8 Å². The third-order valence-electron chi connectivity index (χ3n) is 3.15. The number of thiophene rings is 1. The van der Waals surface area contributed by atoms with Crippen molar-refractivity contribution in [3.05, 3.63) is 15.3 Å². The standard InChI is InChI=1S/C11H15ClN2O4S2/c1-8-9(6-10(12)19-8)20(17,18)14-4-2-13(3-5-14)7-11(15)16/h6H,2-5,7H2,1H3,(H,15,16). The van der Waals surface area contributed by atoms with E-state index in [2.05, 4.69) is 0 Å². The second-order valence-corrected chi connectivity index (χ2v) is 8.34. The van der Waals surface area contributed by atoms with Crippen LogP contribution in [0.25, 0.3) is 0 Å². The minimum absolute atomic E-state index is 0.0583. The molecule has 1 aromatic heterocycles. The second kappa shape index (κ2) is 5.98. The minimum Gasteiger partial charge on any atom is -0.480 e. The largest absolute Gasteiger partial charge is 0.480 e. The summed E-state index contributed by atoms with van der Waals surface area (Å²) in [6.45, 7) is 3.09. The molecule has 0 bridgehead atoms. The molecule has 1 aliphatic heterocycles. The van der Waals surface area contributed by atoms with Crippen molar-refractivity contribution in [1.29, 1.82) is 0 Å². The van der Waals surface area contributed by atoms with E-state index >= 15 is 0 Å². The van der Waals surface area contributed by atoms with Crippen LogP contribution in [-0.2, 0) is 14.8 Å². The third-order valence-corrected chi connectivity index (χ3v) is 6.48. The van der Waals surface area contributed by atoms with Gasteiger partial charge in [-0.3, -0.25) is 9.69 Å². The number of aryl methyl sites for hydroxylation is 1. The number of hydrogen-bond acceptors (Lipinski definition) is 5. The van der Waals surface area contributed by atoms with Crippen LogP contribution in [0.3, 0.4) is 0 Å². The molecule has 112 valence electrons. The maximum atomic E-state index is 12.5. The summed E-state index contributed by atoms with van der Waals surface area (Å²) in [7, 11) is -3.54. The van der Waals surface area contributed by atoms with Crippen LogP contribution in [0.5, 0.6) is 0 Å². The second-order valence-electron chi connectivity index (χ2n) is 4.54. The van der Waals surface area contributed by atoms with E-state index < -0.39 is 16.0 Å². The van der Waals surface area contributed by atoms with Crippen LogP contribution >= 0.6 is 22.9 Å². The van der Waals surface area contributed by atoms with Gasteiger partial charge in [-0.15, -0.1) is 11.3 Å². The number of carboxylic acids is 1. The number of halogens is 1. The molecule has 1 saturated heterocycles. The summed E-state index contributed by atoms with van der Waals surface area (Å²) in [5.41, 5.74) is 0. The average Bonchev–Trinajstić information content (AvgIpc) is 2.69. The normalized spacial score (nSPS) is 18.3. The summed E-state index contributed by atoms with van der Waals surface area (Å²) in [6, 6.07) is 1.47. The van der Waals surface area contributed by atoms with Crippen LogP contribution in [0.1, 0.15) is 4.88 Å². The molecule has 20 heavy (non-hydrogen) atoms. The van der Waals surface area contributed by atoms with Gasteiger partial charge < -0.3 is 5.11 Å². The first kappa shape index (κ1) is 15.7. The van der Waals surface area contributed by atoms with Gasteiger partial charge in [-0.05, 0) is 13.0 Å². The first-order valence-electron chi connectivity index (χ1n) is 6.01. The molecule has 0 amide bonds. The van der Waals surface area contributed by atoms with Crippen LogP contribution < -0.4 is 0 Å². The van der Waals surface area contributed by atoms with Crippen LogP contribution in [0.2, 0.25) is 4.34 Å². The molecule has 2 rings (SSSR count). The van der Waals surface area contributed by atoms with Gasteiger partial charge in [-0.25, -0.2) is 8.42 Å². The Kier molecular flexibility index (Phi) is 4.70. The molecule has 1 fully saturated rings. The molecule has 1 aliphatic rings. The smallest absolute Gasteiger partial charge is 0.317 e. The molecule has 6 nitrogen and oxygen atoms in total. The van der Waals surface area contributed by atoms with Crippen LogP contribution in [0.15, 0.2) is 11.0 Å². The van der Waals surface area contributed by atoms with Crippen molar-refractivity contribution in [2.24, 2.45) is 0 Å². The molecular weight excluding hydrogens is 324 g/mol. The number of piperazine rings is 1. The molecule has 0 spiro atoms. The average molecular weight is 339 g/mol. The Bertz CT molecular complexity index is 606. The van der Waals surface area contributed by atoms with E-state index in [1.807, 2.05) is 0 Å². The molecular formula is C11H15ClN2O4S2. The quantitative estimate of drug-likeness (QED) is 0.889. The maximum absolute atomic E-state index is 12.5. The lowest BCUT2D eigenvalue weighted by atomic mass is 10.3. The monoisotopic (exact) mass is 338 g/mol. The summed E-state index contributed by atoms with van der Waals surface area (Å²) in [5, 5.41) is 8.72. The van der Waals surface area contributed by atoms with E-state index in [-0.39, 0.29) is 11.4 Å². The number of hydrogen-bond donors (Lipinski definition) is 1. The van der Waals surface area contributed by atoms with Crippen LogP contribution in [0.4, 0.5) is 0 Å². The third kappa shape index (κ3) is 3.32. The summed E-state index contributed by atoms with van der Waals surface area (Å²) in [6.07, 6.45) is 0. The molecule has 9 heteroatoms. The molecule has 0 radical (unpaired) electrons. The van der Waals surface area contributed by atoms with Crippen molar-refractivity contribution in [2.45, 2.75) is 11.8 Å². The SMILES string of the molecule is Cc1sc(Cl)cc1S(=O)(=O)N1CCN(CC(=O)O)CC1. The Hall–Kier alpha value is -0.670. The zero-order valence-electron chi connectivity index (χ0n) is 10.9.